The lowest BCUT2D eigenvalue weighted by Crippen LogP contribution is -2.46. The van der Waals surface area contributed by atoms with Crippen LogP contribution in [0.25, 0.3) is 11.0 Å². The van der Waals surface area contributed by atoms with E-state index in [0.717, 1.165) is 67.6 Å². The van der Waals surface area contributed by atoms with E-state index in [2.05, 4.69) is 14.9 Å². The van der Waals surface area contributed by atoms with E-state index in [1.54, 1.807) is 0 Å². The van der Waals surface area contributed by atoms with E-state index < -0.39 is 0 Å². The second-order valence-corrected chi connectivity index (χ2v) is 7.60. The van der Waals surface area contributed by atoms with Gasteiger partial charge in [-0.3, -0.25) is 0 Å². The summed E-state index contributed by atoms with van der Waals surface area (Å²) < 4.78 is 11.5. The third-order valence-corrected chi connectivity index (χ3v) is 5.48. The average Bonchev–Trinajstić information content (AvgIpc) is 3.04. The number of nitrogens with one attached hydrogen (secondary N) is 1. The summed E-state index contributed by atoms with van der Waals surface area (Å²) >= 11 is 6.05. The van der Waals surface area contributed by atoms with E-state index in [4.69, 9.17) is 26.1 Å². The second-order valence-electron chi connectivity index (χ2n) is 7.16. The average molecular weight is 385 g/mol. The van der Waals surface area contributed by atoms with Gasteiger partial charge in [0.2, 0.25) is 0 Å². The molecular formula is C20H21ClN4O2. The molecule has 0 saturated carbocycles. The van der Waals surface area contributed by atoms with Gasteiger partial charge in [0.1, 0.15) is 23.5 Å². The van der Waals surface area contributed by atoms with E-state index in [1.807, 2.05) is 36.5 Å². The number of hydrogen-bond acceptors (Lipinski definition) is 5. The first-order chi connectivity index (χ1) is 13.2. The number of imidazole rings is 1. The third-order valence-electron chi connectivity index (χ3n) is 5.24. The summed E-state index contributed by atoms with van der Waals surface area (Å²) in [6.07, 6.45) is 3.94. The van der Waals surface area contributed by atoms with E-state index >= 15 is 0 Å². The van der Waals surface area contributed by atoms with Gasteiger partial charge in [-0.1, -0.05) is 11.6 Å². The maximum atomic E-state index is 6.10. The molecule has 3 aromatic rings. The summed E-state index contributed by atoms with van der Waals surface area (Å²) in [6.45, 7) is 3.33. The number of hydrogen-bond donors (Lipinski definition) is 1. The summed E-state index contributed by atoms with van der Waals surface area (Å²) in [5, 5.41) is 0.710. The van der Waals surface area contributed by atoms with Crippen LogP contribution in [0.15, 0.2) is 36.5 Å². The van der Waals surface area contributed by atoms with Gasteiger partial charge in [-0.25, -0.2) is 9.97 Å². The number of benzene rings is 1. The van der Waals surface area contributed by atoms with Gasteiger partial charge in [0.25, 0.3) is 0 Å². The number of rotatable bonds is 4. The minimum absolute atomic E-state index is 0.237. The summed E-state index contributed by atoms with van der Waals surface area (Å²) in [4.78, 5) is 14.9. The topological polar surface area (TPSA) is 63.3 Å². The van der Waals surface area contributed by atoms with Crippen LogP contribution in [0.4, 0.5) is 5.82 Å². The van der Waals surface area contributed by atoms with Crippen molar-refractivity contribution < 1.29 is 9.47 Å². The Morgan fingerprint density at radius 1 is 1.15 bits per heavy atom. The fourth-order valence-electron chi connectivity index (χ4n) is 3.66. The van der Waals surface area contributed by atoms with Crippen molar-refractivity contribution in [1.82, 2.24) is 15.0 Å². The van der Waals surface area contributed by atoms with Crippen molar-refractivity contribution in [3.05, 3.63) is 47.4 Å². The molecular weight excluding hydrogens is 364 g/mol. The van der Waals surface area contributed by atoms with E-state index in [1.165, 1.54) is 0 Å². The molecule has 2 saturated heterocycles. The van der Waals surface area contributed by atoms with Gasteiger partial charge in [-0.15, -0.1) is 0 Å². The number of ether oxygens (including phenoxy) is 2. The lowest BCUT2D eigenvalue weighted by atomic mass is 9.99. The molecule has 0 unspecified atom stereocenters. The van der Waals surface area contributed by atoms with Crippen LogP contribution >= 0.6 is 11.6 Å². The van der Waals surface area contributed by atoms with Gasteiger partial charge >= 0.3 is 0 Å². The van der Waals surface area contributed by atoms with Crippen molar-refractivity contribution in [2.75, 3.05) is 31.2 Å². The minimum Gasteiger partial charge on any atom is -0.490 e. The van der Waals surface area contributed by atoms with Gasteiger partial charge in [-0.2, -0.15) is 0 Å². The molecule has 5 rings (SSSR count). The van der Waals surface area contributed by atoms with Gasteiger partial charge in [-0.05, 0) is 24.3 Å². The maximum Gasteiger partial charge on any atom is 0.132 e. The molecule has 1 N–H and O–H groups in total. The molecule has 0 bridgehead atoms. The van der Waals surface area contributed by atoms with Crippen LogP contribution in [0.1, 0.15) is 24.6 Å². The molecule has 1 aromatic carbocycles. The number of nitrogens with zero attached hydrogens (tertiary/aromatic N) is 3. The van der Waals surface area contributed by atoms with E-state index in [9.17, 15) is 0 Å². The molecule has 140 valence electrons. The molecule has 4 heterocycles. The summed E-state index contributed by atoms with van der Waals surface area (Å²) in [6, 6.07) is 9.71. The number of fused-ring (bicyclic) bond motifs is 1. The number of aromatic nitrogens is 3. The molecule has 0 aliphatic carbocycles. The van der Waals surface area contributed by atoms with Crippen LogP contribution in [-0.4, -0.2) is 47.4 Å². The molecule has 2 aromatic heterocycles. The molecule has 0 amide bonds. The van der Waals surface area contributed by atoms with Gasteiger partial charge in [0.05, 0.1) is 30.2 Å². The Morgan fingerprint density at radius 3 is 2.85 bits per heavy atom. The van der Waals surface area contributed by atoms with Crippen LogP contribution in [0, 0.1) is 0 Å². The van der Waals surface area contributed by atoms with Gasteiger partial charge in [0, 0.05) is 43.2 Å². The third kappa shape index (κ3) is 3.47. The minimum atomic E-state index is 0.237. The number of halogens is 1. The Balaban J connectivity index is 1.25. The Bertz CT molecular complexity index is 948. The molecule has 2 aliphatic rings. The molecule has 2 aliphatic heterocycles. The molecule has 6 nitrogen and oxygen atoms in total. The zero-order chi connectivity index (χ0) is 18.2. The molecule has 0 atom stereocenters. The highest BCUT2D eigenvalue weighted by molar-refractivity contribution is 6.31. The van der Waals surface area contributed by atoms with Crippen molar-refractivity contribution in [3.8, 4) is 5.75 Å². The van der Waals surface area contributed by atoms with Gasteiger partial charge < -0.3 is 19.4 Å². The van der Waals surface area contributed by atoms with Crippen molar-refractivity contribution in [2.24, 2.45) is 0 Å². The molecule has 27 heavy (non-hydrogen) atoms. The highest BCUT2D eigenvalue weighted by atomic mass is 35.5. The zero-order valence-corrected chi connectivity index (χ0v) is 15.7. The van der Waals surface area contributed by atoms with Crippen LogP contribution in [-0.2, 0) is 4.74 Å². The number of H-pyrrole nitrogens is 1. The van der Waals surface area contributed by atoms with Crippen molar-refractivity contribution >= 4 is 28.5 Å². The lowest BCUT2D eigenvalue weighted by Gasteiger charge is -2.39. The predicted molar refractivity (Wildman–Crippen MR) is 105 cm³/mol. The summed E-state index contributed by atoms with van der Waals surface area (Å²) in [5.74, 6) is 3.22. The van der Waals surface area contributed by atoms with E-state index in [0.29, 0.717) is 10.9 Å². The first-order valence-corrected chi connectivity index (χ1v) is 9.73. The highest BCUT2D eigenvalue weighted by Crippen LogP contribution is 2.32. The Labute approximate surface area is 162 Å². The molecule has 0 spiro atoms. The van der Waals surface area contributed by atoms with Crippen molar-refractivity contribution in [3.63, 3.8) is 0 Å². The fourth-order valence-corrected chi connectivity index (χ4v) is 3.83. The monoisotopic (exact) mass is 384 g/mol. The smallest absolute Gasteiger partial charge is 0.132 e. The van der Waals surface area contributed by atoms with E-state index in [-0.39, 0.29) is 6.10 Å². The van der Waals surface area contributed by atoms with Crippen LogP contribution in [0.3, 0.4) is 0 Å². The van der Waals surface area contributed by atoms with Crippen LogP contribution < -0.4 is 9.64 Å². The SMILES string of the molecule is Clc1ccc2[nH]c(C3CN(c4cc(OC5CCOCC5)ccn4)C3)nc2c1. The largest absolute Gasteiger partial charge is 0.490 e. The zero-order valence-electron chi connectivity index (χ0n) is 14.9. The number of aromatic amines is 1. The molecule has 2 fully saturated rings. The summed E-state index contributed by atoms with van der Waals surface area (Å²) in [7, 11) is 0. The Kier molecular flexibility index (Phi) is 4.38. The first-order valence-electron chi connectivity index (χ1n) is 9.35. The van der Waals surface area contributed by atoms with Crippen LogP contribution in [0.2, 0.25) is 5.02 Å². The molecule has 7 heteroatoms. The molecule has 0 radical (unpaired) electrons. The van der Waals surface area contributed by atoms with Crippen LogP contribution in [0.5, 0.6) is 5.75 Å². The first kappa shape index (κ1) is 16.8. The number of anilines is 1. The van der Waals surface area contributed by atoms with Crippen molar-refractivity contribution in [1.29, 1.82) is 0 Å². The Morgan fingerprint density at radius 2 is 2.00 bits per heavy atom. The maximum absolute atomic E-state index is 6.10. The second kappa shape index (κ2) is 7.02. The fraction of sp³-hybridized carbons (Fsp3) is 0.400. The highest BCUT2D eigenvalue weighted by Gasteiger charge is 2.31. The normalized spacial score (nSPS) is 18.6. The number of pyridine rings is 1. The van der Waals surface area contributed by atoms with Crippen molar-refractivity contribution in [2.45, 2.75) is 24.9 Å². The Hall–Kier alpha value is -2.31. The quantitative estimate of drug-likeness (QED) is 0.741. The predicted octanol–water partition coefficient (Wildman–Crippen LogP) is 3.77. The lowest BCUT2D eigenvalue weighted by molar-refractivity contribution is 0.0255. The standard InChI is InChI=1S/C20H21ClN4O2/c21-14-1-2-17-18(9-14)24-20(23-17)13-11-25(12-13)19-10-16(3-6-22-19)27-15-4-7-26-8-5-15/h1-3,6,9-10,13,15H,4-5,7-8,11-12H2,(H,23,24). The van der Waals surface area contributed by atoms with Gasteiger partial charge in [0.15, 0.2) is 0 Å². The summed E-state index contributed by atoms with van der Waals surface area (Å²) in [5.41, 5.74) is 1.94.